The number of rotatable bonds is 4. The Hall–Kier alpha value is -2.05. The van der Waals surface area contributed by atoms with E-state index in [2.05, 4.69) is 10.4 Å². The summed E-state index contributed by atoms with van der Waals surface area (Å²) < 4.78 is 1.94. The molecule has 7 heteroatoms. The number of hydrogen-bond donors (Lipinski definition) is 1. The fourth-order valence-corrected chi connectivity index (χ4v) is 4.75. The van der Waals surface area contributed by atoms with Crippen LogP contribution in [0.1, 0.15) is 48.2 Å². The van der Waals surface area contributed by atoms with Crippen molar-refractivity contribution in [2.45, 2.75) is 52.1 Å². The van der Waals surface area contributed by atoms with E-state index in [0.29, 0.717) is 17.5 Å². The molecular weight excluding hydrogens is 392 g/mol. The van der Waals surface area contributed by atoms with Crippen molar-refractivity contribution in [2.75, 3.05) is 0 Å². The molecule has 2 heterocycles. The predicted octanol–water partition coefficient (Wildman–Crippen LogP) is 4.70. The van der Waals surface area contributed by atoms with Crippen LogP contribution >= 0.6 is 23.4 Å². The first-order valence-corrected chi connectivity index (χ1v) is 10.8. The fraction of sp³-hybridized carbons (Fsp3) is 0.381. The molecule has 1 aliphatic heterocycles. The summed E-state index contributed by atoms with van der Waals surface area (Å²) in [4.78, 5) is 17.8. The van der Waals surface area contributed by atoms with Gasteiger partial charge in [0.2, 0.25) is 0 Å². The molecule has 1 aliphatic carbocycles. The molecule has 5 nitrogen and oxygen atoms in total. The van der Waals surface area contributed by atoms with Crippen LogP contribution in [0.3, 0.4) is 0 Å². The lowest BCUT2D eigenvalue weighted by molar-refractivity contribution is -0.115. The van der Waals surface area contributed by atoms with E-state index in [1.807, 2.05) is 48.9 Å². The highest BCUT2D eigenvalue weighted by molar-refractivity contribution is 8.18. The number of carbonyl (C=O) groups excluding carboxylic acids is 1. The summed E-state index contributed by atoms with van der Waals surface area (Å²) in [6, 6.07) is 8.13. The lowest BCUT2D eigenvalue weighted by atomic mass is 10.1. The van der Waals surface area contributed by atoms with Crippen LogP contribution in [0, 0.1) is 13.8 Å². The van der Waals surface area contributed by atoms with Crippen LogP contribution in [-0.4, -0.2) is 26.9 Å². The molecule has 146 valence electrons. The highest BCUT2D eigenvalue weighted by atomic mass is 35.5. The molecule has 0 atom stereocenters. The highest BCUT2D eigenvalue weighted by Gasteiger charge is 2.26. The molecule has 28 heavy (non-hydrogen) atoms. The van der Waals surface area contributed by atoms with E-state index >= 15 is 0 Å². The Bertz CT molecular complexity index is 973. The van der Waals surface area contributed by atoms with Crippen LogP contribution in [-0.2, 0) is 11.3 Å². The number of aryl methyl sites for hydroxylation is 1. The summed E-state index contributed by atoms with van der Waals surface area (Å²) in [6.07, 6.45) is 6.62. The number of nitrogens with one attached hydrogen (secondary N) is 1. The number of aromatic nitrogens is 2. The van der Waals surface area contributed by atoms with Crippen molar-refractivity contribution in [3.8, 4) is 0 Å². The van der Waals surface area contributed by atoms with Gasteiger partial charge in [0, 0.05) is 16.3 Å². The zero-order chi connectivity index (χ0) is 19.7. The summed E-state index contributed by atoms with van der Waals surface area (Å²) in [5.74, 6) is -0.0839. The SMILES string of the molecule is Cc1nn(Cc2ccccc2Cl)c(C)c1/C=C1/SC(=NC2CCCC2)NC1=O. The maximum Gasteiger partial charge on any atom is 0.264 e. The summed E-state index contributed by atoms with van der Waals surface area (Å²) in [7, 11) is 0. The molecule has 2 fully saturated rings. The van der Waals surface area contributed by atoms with Crippen LogP contribution in [0.2, 0.25) is 5.02 Å². The van der Waals surface area contributed by atoms with Gasteiger partial charge in [-0.3, -0.25) is 14.5 Å². The van der Waals surface area contributed by atoms with E-state index in [1.54, 1.807) is 0 Å². The Kier molecular flexibility index (Phi) is 5.60. The number of nitrogens with zero attached hydrogens (tertiary/aromatic N) is 3. The van der Waals surface area contributed by atoms with Gasteiger partial charge in [-0.2, -0.15) is 5.10 Å². The Morgan fingerprint density at radius 2 is 2.07 bits per heavy atom. The number of amides is 1. The van der Waals surface area contributed by atoms with Gasteiger partial charge in [-0.1, -0.05) is 42.6 Å². The average molecular weight is 415 g/mol. The van der Waals surface area contributed by atoms with Gasteiger partial charge in [-0.15, -0.1) is 0 Å². The Morgan fingerprint density at radius 1 is 1.32 bits per heavy atom. The summed E-state index contributed by atoms with van der Waals surface area (Å²) >= 11 is 7.72. The molecule has 0 unspecified atom stereocenters. The third-order valence-electron chi connectivity index (χ3n) is 5.27. The zero-order valence-electron chi connectivity index (χ0n) is 16.0. The van der Waals surface area contributed by atoms with Gasteiger partial charge in [-0.25, -0.2) is 0 Å². The minimum Gasteiger partial charge on any atom is -0.301 e. The van der Waals surface area contributed by atoms with Gasteiger partial charge < -0.3 is 5.32 Å². The smallest absolute Gasteiger partial charge is 0.264 e. The largest absolute Gasteiger partial charge is 0.301 e. The molecule has 1 N–H and O–H groups in total. The molecule has 0 radical (unpaired) electrons. The first-order chi connectivity index (χ1) is 13.5. The number of halogens is 1. The monoisotopic (exact) mass is 414 g/mol. The summed E-state index contributed by atoms with van der Waals surface area (Å²) in [5.41, 5.74) is 3.91. The lowest BCUT2D eigenvalue weighted by Gasteiger charge is -2.06. The number of hydrogen-bond acceptors (Lipinski definition) is 4. The molecule has 2 aliphatic rings. The van der Waals surface area contributed by atoms with E-state index in [1.165, 1.54) is 24.6 Å². The number of benzene rings is 1. The Balaban J connectivity index is 1.57. The molecule has 1 aromatic heterocycles. The van der Waals surface area contributed by atoms with Crippen LogP contribution in [0.25, 0.3) is 6.08 Å². The Labute approximate surface area is 174 Å². The van der Waals surface area contributed by atoms with Crippen LogP contribution < -0.4 is 5.32 Å². The third-order valence-corrected chi connectivity index (χ3v) is 6.56. The van der Waals surface area contributed by atoms with Gasteiger partial charge in [-0.05, 0) is 56.2 Å². The van der Waals surface area contributed by atoms with Gasteiger partial charge in [0.05, 0.1) is 23.2 Å². The van der Waals surface area contributed by atoms with E-state index in [0.717, 1.165) is 45.5 Å². The van der Waals surface area contributed by atoms with Crippen molar-refractivity contribution in [2.24, 2.45) is 4.99 Å². The summed E-state index contributed by atoms with van der Waals surface area (Å²) in [6.45, 7) is 4.59. The minimum atomic E-state index is -0.0839. The van der Waals surface area contributed by atoms with Crippen LogP contribution in [0.5, 0.6) is 0 Å². The van der Waals surface area contributed by atoms with Crippen molar-refractivity contribution in [1.29, 1.82) is 0 Å². The number of aliphatic imine (C=N–C) groups is 1. The second-order valence-corrected chi connectivity index (χ2v) is 8.71. The molecule has 2 aromatic rings. The topological polar surface area (TPSA) is 59.3 Å². The molecule has 1 saturated carbocycles. The lowest BCUT2D eigenvalue weighted by Crippen LogP contribution is -2.21. The van der Waals surface area contributed by atoms with Crippen molar-refractivity contribution in [3.05, 3.63) is 56.7 Å². The zero-order valence-corrected chi connectivity index (χ0v) is 17.6. The van der Waals surface area contributed by atoms with Gasteiger partial charge in [0.1, 0.15) is 0 Å². The van der Waals surface area contributed by atoms with Crippen molar-refractivity contribution in [3.63, 3.8) is 0 Å². The Morgan fingerprint density at radius 3 is 2.82 bits per heavy atom. The average Bonchev–Trinajstić information content (AvgIpc) is 3.35. The highest BCUT2D eigenvalue weighted by Crippen LogP contribution is 2.30. The second kappa shape index (κ2) is 8.13. The predicted molar refractivity (Wildman–Crippen MR) is 116 cm³/mol. The molecule has 1 saturated heterocycles. The fourth-order valence-electron chi connectivity index (χ4n) is 3.68. The number of amidine groups is 1. The maximum absolute atomic E-state index is 12.4. The third kappa shape index (κ3) is 4.03. The molecule has 1 aromatic carbocycles. The van der Waals surface area contributed by atoms with E-state index in [4.69, 9.17) is 16.6 Å². The van der Waals surface area contributed by atoms with Crippen molar-refractivity contribution >= 4 is 40.5 Å². The molecule has 0 spiro atoms. The summed E-state index contributed by atoms with van der Waals surface area (Å²) in [5, 5.41) is 9.02. The minimum absolute atomic E-state index is 0.0839. The molecular formula is C21H23ClN4OS. The maximum atomic E-state index is 12.4. The first kappa shape index (κ1) is 19.3. The molecule has 0 bridgehead atoms. The van der Waals surface area contributed by atoms with E-state index in [-0.39, 0.29) is 5.91 Å². The first-order valence-electron chi connectivity index (χ1n) is 9.57. The van der Waals surface area contributed by atoms with Crippen molar-refractivity contribution < 1.29 is 4.79 Å². The van der Waals surface area contributed by atoms with Gasteiger partial charge in [0.15, 0.2) is 5.17 Å². The van der Waals surface area contributed by atoms with E-state index < -0.39 is 0 Å². The number of thioether (sulfide) groups is 1. The van der Waals surface area contributed by atoms with Crippen molar-refractivity contribution in [1.82, 2.24) is 15.1 Å². The number of carbonyl (C=O) groups is 1. The molecule has 4 rings (SSSR count). The quantitative estimate of drug-likeness (QED) is 0.737. The molecule has 1 amide bonds. The van der Waals surface area contributed by atoms with E-state index in [9.17, 15) is 4.79 Å². The van der Waals surface area contributed by atoms with Crippen LogP contribution in [0.4, 0.5) is 0 Å². The normalized spacial score (nSPS) is 20.5. The van der Waals surface area contributed by atoms with Crippen LogP contribution in [0.15, 0.2) is 34.2 Å². The standard InChI is InChI=1S/C21H23ClN4OS/c1-13-17(14(2)26(25-13)12-15-7-3-6-10-18(15)22)11-19-20(27)24-21(28-19)23-16-8-4-5-9-16/h3,6-7,10-11,16H,4-5,8-9,12H2,1-2H3,(H,23,24,27)/b19-11+. The van der Waals surface area contributed by atoms with Gasteiger partial charge >= 0.3 is 0 Å². The second-order valence-electron chi connectivity index (χ2n) is 7.27. The van der Waals surface area contributed by atoms with Gasteiger partial charge in [0.25, 0.3) is 5.91 Å².